The molecule has 1 heterocycles. The number of piperidine rings is 1. The zero-order valence-electron chi connectivity index (χ0n) is 12.4. The van der Waals surface area contributed by atoms with Crippen LogP contribution in [0.4, 0.5) is 0 Å². The van der Waals surface area contributed by atoms with Crippen molar-refractivity contribution in [3.8, 4) is 0 Å². The summed E-state index contributed by atoms with van der Waals surface area (Å²) in [5.41, 5.74) is 5.10. The van der Waals surface area contributed by atoms with E-state index in [-0.39, 0.29) is 0 Å². The van der Waals surface area contributed by atoms with Crippen LogP contribution in [0.25, 0.3) is 0 Å². The van der Waals surface area contributed by atoms with Crippen LogP contribution in [-0.2, 0) is 6.42 Å². The molecule has 0 aliphatic carbocycles. The zero-order valence-corrected chi connectivity index (χ0v) is 12.4. The van der Waals surface area contributed by atoms with Gasteiger partial charge < -0.3 is 0 Å². The maximum absolute atomic E-state index is 3.64. The van der Waals surface area contributed by atoms with Gasteiger partial charge in [-0.2, -0.15) is 0 Å². The van der Waals surface area contributed by atoms with Crippen LogP contribution < -0.4 is 5.43 Å². The van der Waals surface area contributed by atoms with Gasteiger partial charge in [-0.15, -0.1) is 0 Å². The molecule has 19 heavy (non-hydrogen) atoms. The Hall–Kier alpha value is -0.860. The van der Waals surface area contributed by atoms with Gasteiger partial charge in [0.05, 0.1) is 0 Å². The average Bonchev–Trinajstić information content (AvgIpc) is 2.42. The van der Waals surface area contributed by atoms with Crippen molar-refractivity contribution in [1.82, 2.24) is 10.4 Å². The summed E-state index contributed by atoms with van der Waals surface area (Å²) in [6.45, 7) is 5.79. The smallest absolute Gasteiger partial charge is 0.0218 e. The van der Waals surface area contributed by atoms with Gasteiger partial charge in [-0.25, -0.2) is 5.01 Å². The van der Waals surface area contributed by atoms with Crippen molar-refractivity contribution in [2.75, 3.05) is 6.54 Å². The molecule has 1 aromatic rings. The van der Waals surface area contributed by atoms with Crippen molar-refractivity contribution in [2.45, 2.75) is 64.5 Å². The van der Waals surface area contributed by atoms with E-state index in [1.165, 1.54) is 44.1 Å². The third-order valence-electron chi connectivity index (χ3n) is 4.22. The van der Waals surface area contributed by atoms with Gasteiger partial charge >= 0.3 is 0 Å². The summed E-state index contributed by atoms with van der Waals surface area (Å²) in [5, 5.41) is 2.48. The van der Waals surface area contributed by atoms with Crippen LogP contribution in [0.3, 0.4) is 0 Å². The molecule has 1 N–H and O–H groups in total. The van der Waals surface area contributed by atoms with E-state index in [1.807, 2.05) is 0 Å². The van der Waals surface area contributed by atoms with Gasteiger partial charge in [-0.3, -0.25) is 5.43 Å². The first kappa shape index (κ1) is 14.5. The lowest BCUT2D eigenvalue weighted by atomic mass is 10.00. The Morgan fingerprint density at radius 3 is 2.42 bits per heavy atom. The Morgan fingerprint density at radius 1 is 1.05 bits per heavy atom. The second-order valence-corrected chi connectivity index (χ2v) is 5.89. The highest BCUT2D eigenvalue weighted by Gasteiger charge is 2.23. The molecule has 2 nitrogen and oxygen atoms in total. The first-order valence-electron chi connectivity index (χ1n) is 7.83. The number of nitrogens with zero attached hydrogens (tertiary/aromatic N) is 1. The van der Waals surface area contributed by atoms with Crippen LogP contribution in [-0.4, -0.2) is 23.6 Å². The minimum Gasteiger partial charge on any atom is -0.255 e. The molecule has 2 unspecified atom stereocenters. The normalized spacial score (nSPS) is 24.5. The fraction of sp³-hybridized carbons (Fsp3) is 0.647. The van der Waals surface area contributed by atoms with Gasteiger partial charge in [0.15, 0.2) is 0 Å². The highest BCUT2D eigenvalue weighted by Crippen LogP contribution is 2.20. The predicted octanol–water partition coefficient (Wildman–Crippen LogP) is 3.78. The molecule has 2 atom stereocenters. The van der Waals surface area contributed by atoms with E-state index in [0.717, 1.165) is 6.54 Å². The van der Waals surface area contributed by atoms with Crippen molar-refractivity contribution >= 4 is 0 Å². The molecule has 1 aromatic carbocycles. The molecule has 0 amide bonds. The fourth-order valence-electron chi connectivity index (χ4n) is 3.04. The third-order valence-corrected chi connectivity index (χ3v) is 4.22. The topological polar surface area (TPSA) is 15.3 Å². The fourth-order valence-corrected chi connectivity index (χ4v) is 3.04. The summed E-state index contributed by atoms with van der Waals surface area (Å²) in [6.07, 6.45) is 7.78. The molecule has 1 aliphatic rings. The lowest BCUT2D eigenvalue weighted by Crippen LogP contribution is -2.52. The minimum atomic E-state index is 0.692. The van der Waals surface area contributed by atoms with Crippen molar-refractivity contribution in [2.24, 2.45) is 0 Å². The van der Waals surface area contributed by atoms with E-state index >= 15 is 0 Å². The maximum Gasteiger partial charge on any atom is 0.0218 e. The highest BCUT2D eigenvalue weighted by atomic mass is 15.5. The Kier molecular flexibility index (Phi) is 5.87. The number of hydrazine groups is 1. The van der Waals surface area contributed by atoms with Gasteiger partial charge in [-0.05, 0) is 51.5 Å². The van der Waals surface area contributed by atoms with Gasteiger partial charge in [0.25, 0.3) is 0 Å². The summed E-state index contributed by atoms with van der Waals surface area (Å²) in [7, 11) is 0. The van der Waals surface area contributed by atoms with E-state index in [4.69, 9.17) is 0 Å². The Labute approximate surface area is 118 Å². The van der Waals surface area contributed by atoms with E-state index in [2.05, 4.69) is 54.6 Å². The molecule has 1 saturated heterocycles. The molecule has 1 aliphatic heterocycles. The summed E-state index contributed by atoms with van der Waals surface area (Å²) in [5.74, 6) is 0. The Balaban J connectivity index is 1.61. The van der Waals surface area contributed by atoms with Crippen LogP contribution >= 0.6 is 0 Å². The van der Waals surface area contributed by atoms with Crippen molar-refractivity contribution in [3.05, 3.63) is 35.9 Å². The summed E-state index contributed by atoms with van der Waals surface area (Å²) in [4.78, 5) is 0. The van der Waals surface area contributed by atoms with Gasteiger partial charge in [0.1, 0.15) is 0 Å². The average molecular weight is 260 g/mol. The third kappa shape index (κ3) is 4.63. The number of nitrogens with one attached hydrogen (secondary N) is 1. The molecule has 106 valence electrons. The lowest BCUT2D eigenvalue weighted by Gasteiger charge is -2.39. The maximum atomic E-state index is 3.64. The van der Waals surface area contributed by atoms with Crippen molar-refractivity contribution in [1.29, 1.82) is 0 Å². The minimum absolute atomic E-state index is 0.692. The number of aryl methyl sites for hydroxylation is 1. The summed E-state index contributed by atoms with van der Waals surface area (Å²) < 4.78 is 0. The van der Waals surface area contributed by atoms with E-state index < -0.39 is 0 Å². The standard InChI is InChI=1S/C17H28N2/c1-15-9-8-10-16(2)19(15)18-14-7-6-13-17-11-4-3-5-12-17/h3-5,11-12,15-16,18H,6-10,13-14H2,1-2H3. The molecular weight excluding hydrogens is 232 g/mol. The molecule has 0 radical (unpaired) electrons. The van der Waals surface area contributed by atoms with Gasteiger partial charge in [-0.1, -0.05) is 36.8 Å². The first-order chi connectivity index (χ1) is 9.27. The van der Waals surface area contributed by atoms with E-state index in [1.54, 1.807) is 0 Å². The van der Waals surface area contributed by atoms with Crippen molar-refractivity contribution in [3.63, 3.8) is 0 Å². The van der Waals surface area contributed by atoms with Crippen LogP contribution in [0.1, 0.15) is 51.5 Å². The van der Waals surface area contributed by atoms with Crippen LogP contribution in [0.15, 0.2) is 30.3 Å². The SMILES string of the molecule is CC1CCCC(C)N1NCCCCc1ccccc1. The van der Waals surface area contributed by atoms with Crippen LogP contribution in [0.2, 0.25) is 0 Å². The molecule has 0 bridgehead atoms. The molecule has 1 fully saturated rings. The van der Waals surface area contributed by atoms with Gasteiger partial charge in [0.2, 0.25) is 0 Å². The highest BCUT2D eigenvalue weighted by molar-refractivity contribution is 5.14. The number of hydrogen-bond acceptors (Lipinski definition) is 2. The summed E-state index contributed by atoms with van der Waals surface area (Å²) in [6, 6.07) is 12.2. The predicted molar refractivity (Wildman–Crippen MR) is 82.0 cm³/mol. The largest absolute Gasteiger partial charge is 0.255 e. The Bertz CT molecular complexity index is 340. The Morgan fingerprint density at radius 2 is 1.74 bits per heavy atom. The molecule has 2 rings (SSSR count). The van der Waals surface area contributed by atoms with Gasteiger partial charge in [0, 0.05) is 18.6 Å². The quantitative estimate of drug-likeness (QED) is 0.783. The molecule has 0 aromatic heterocycles. The monoisotopic (exact) mass is 260 g/mol. The second kappa shape index (κ2) is 7.66. The van der Waals surface area contributed by atoms with Crippen LogP contribution in [0, 0.1) is 0 Å². The first-order valence-corrected chi connectivity index (χ1v) is 7.83. The number of unbranched alkanes of at least 4 members (excludes halogenated alkanes) is 1. The molecule has 2 heteroatoms. The zero-order chi connectivity index (χ0) is 13.5. The summed E-state index contributed by atoms with van der Waals surface area (Å²) >= 11 is 0. The van der Waals surface area contributed by atoms with E-state index in [0.29, 0.717) is 12.1 Å². The lowest BCUT2D eigenvalue weighted by molar-refractivity contribution is 0.0460. The number of benzene rings is 1. The second-order valence-electron chi connectivity index (χ2n) is 5.89. The molecule has 0 saturated carbocycles. The van der Waals surface area contributed by atoms with Crippen molar-refractivity contribution < 1.29 is 0 Å². The number of hydrogen-bond donors (Lipinski definition) is 1. The van der Waals surface area contributed by atoms with Crippen LogP contribution in [0.5, 0.6) is 0 Å². The number of rotatable bonds is 6. The van der Waals surface area contributed by atoms with E-state index in [9.17, 15) is 0 Å². The molecule has 0 spiro atoms. The molecular formula is C17H28N2.